The van der Waals surface area contributed by atoms with Gasteiger partial charge in [0.2, 0.25) is 0 Å². The standard InChI is InChI=1S/C7H10O4/c8-2-5-4-1-7(9)11-6(4)3-10-5/h4-6,8H,1-3H2. The second kappa shape index (κ2) is 2.46. The molecule has 3 unspecified atom stereocenters. The van der Waals surface area contributed by atoms with E-state index in [1.54, 1.807) is 0 Å². The van der Waals surface area contributed by atoms with Crippen LogP contribution in [0.25, 0.3) is 0 Å². The monoisotopic (exact) mass is 158 g/mol. The van der Waals surface area contributed by atoms with Gasteiger partial charge in [0.15, 0.2) is 0 Å². The molecule has 2 rings (SSSR count). The fourth-order valence-electron chi connectivity index (χ4n) is 1.69. The van der Waals surface area contributed by atoms with Crippen LogP contribution in [0.1, 0.15) is 6.42 Å². The van der Waals surface area contributed by atoms with E-state index in [1.165, 1.54) is 0 Å². The first kappa shape index (κ1) is 7.06. The van der Waals surface area contributed by atoms with Crippen molar-refractivity contribution in [2.24, 2.45) is 5.92 Å². The second-order valence-electron chi connectivity index (χ2n) is 2.95. The summed E-state index contributed by atoms with van der Waals surface area (Å²) >= 11 is 0. The van der Waals surface area contributed by atoms with Gasteiger partial charge in [-0.25, -0.2) is 0 Å². The van der Waals surface area contributed by atoms with E-state index >= 15 is 0 Å². The number of aliphatic hydroxyl groups excluding tert-OH is 1. The lowest BCUT2D eigenvalue weighted by atomic mass is 9.98. The Kier molecular flexibility index (Phi) is 1.58. The van der Waals surface area contributed by atoms with Gasteiger partial charge in [0, 0.05) is 5.92 Å². The van der Waals surface area contributed by atoms with E-state index in [1.807, 2.05) is 0 Å². The summed E-state index contributed by atoms with van der Waals surface area (Å²) in [6.45, 7) is 0.430. The van der Waals surface area contributed by atoms with Gasteiger partial charge in [-0.2, -0.15) is 0 Å². The maximum Gasteiger partial charge on any atom is 0.306 e. The number of hydrogen-bond donors (Lipinski definition) is 1. The van der Waals surface area contributed by atoms with Gasteiger partial charge < -0.3 is 14.6 Å². The van der Waals surface area contributed by atoms with Crippen molar-refractivity contribution < 1.29 is 19.4 Å². The predicted octanol–water partition coefficient (Wildman–Crippen LogP) is -0.691. The van der Waals surface area contributed by atoms with Gasteiger partial charge in [-0.05, 0) is 0 Å². The highest BCUT2D eigenvalue weighted by Gasteiger charge is 2.45. The summed E-state index contributed by atoms with van der Waals surface area (Å²) in [7, 11) is 0. The summed E-state index contributed by atoms with van der Waals surface area (Å²) in [5, 5.41) is 8.81. The Morgan fingerprint density at radius 1 is 1.64 bits per heavy atom. The fourth-order valence-corrected chi connectivity index (χ4v) is 1.69. The van der Waals surface area contributed by atoms with Crippen LogP contribution in [0, 0.1) is 5.92 Å². The molecule has 2 fully saturated rings. The molecule has 2 saturated heterocycles. The van der Waals surface area contributed by atoms with Crippen LogP contribution >= 0.6 is 0 Å². The number of hydrogen-bond acceptors (Lipinski definition) is 4. The normalized spacial score (nSPS) is 42.3. The zero-order valence-electron chi connectivity index (χ0n) is 6.03. The van der Waals surface area contributed by atoms with Gasteiger partial charge in [-0.1, -0.05) is 0 Å². The van der Waals surface area contributed by atoms with Crippen LogP contribution in [0.5, 0.6) is 0 Å². The Morgan fingerprint density at radius 2 is 2.45 bits per heavy atom. The van der Waals surface area contributed by atoms with E-state index < -0.39 is 0 Å². The SMILES string of the molecule is O=C1CC2C(CO)OCC2O1. The highest BCUT2D eigenvalue weighted by atomic mass is 16.6. The lowest BCUT2D eigenvalue weighted by Crippen LogP contribution is -2.22. The van der Waals surface area contributed by atoms with Crippen molar-refractivity contribution in [1.82, 2.24) is 0 Å². The molecule has 2 aliphatic rings. The molecule has 4 nitrogen and oxygen atoms in total. The van der Waals surface area contributed by atoms with E-state index in [0.29, 0.717) is 13.0 Å². The van der Waals surface area contributed by atoms with E-state index in [9.17, 15) is 4.79 Å². The molecule has 0 radical (unpaired) electrons. The largest absolute Gasteiger partial charge is 0.459 e. The van der Waals surface area contributed by atoms with Gasteiger partial charge in [-0.15, -0.1) is 0 Å². The molecule has 11 heavy (non-hydrogen) atoms. The first-order valence-electron chi connectivity index (χ1n) is 3.73. The van der Waals surface area contributed by atoms with Crippen LogP contribution in [0.3, 0.4) is 0 Å². The van der Waals surface area contributed by atoms with Gasteiger partial charge in [-0.3, -0.25) is 4.79 Å². The van der Waals surface area contributed by atoms with Crippen molar-refractivity contribution in [3.8, 4) is 0 Å². The molecular weight excluding hydrogens is 148 g/mol. The summed E-state index contributed by atoms with van der Waals surface area (Å²) in [5.74, 6) is -0.0748. The molecule has 4 heteroatoms. The van der Waals surface area contributed by atoms with E-state index in [2.05, 4.69) is 0 Å². The van der Waals surface area contributed by atoms with Crippen LogP contribution in [0.4, 0.5) is 0 Å². The minimum atomic E-state index is -0.188. The number of aliphatic hydroxyl groups is 1. The number of rotatable bonds is 1. The minimum Gasteiger partial charge on any atom is -0.459 e. The zero-order chi connectivity index (χ0) is 7.84. The topological polar surface area (TPSA) is 55.8 Å². The number of carbonyl (C=O) groups excluding carboxylic acids is 1. The third kappa shape index (κ3) is 1.02. The van der Waals surface area contributed by atoms with Crippen molar-refractivity contribution >= 4 is 5.97 Å². The van der Waals surface area contributed by atoms with E-state index in [4.69, 9.17) is 14.6 Å². The van der Waals surface area contributed by atoms with Gasteiger partial charge in [0.25, 0.3) is 0 Å². The highest BCUT2D eigenvalue weighted by molar-refractivity contribution is 5.72. The zero-order valence-corrected chi connectivity index (χ0v) is 6.03. The average Bonchev–Trinajstić information content (AvgIpc) is 2.45. The molecule has 62 valence electrons. The Hall–Kier alpha value is -0.610. The van der Waals surface area contributed by atoms with Gasteiger partial charge in [0.05, 0.1) is 25.7 Å². The number of esters is 1. The van der Waals surface area contributed by atoms with Crippen molar-refractivity contribution in [2.45, 2.75) is 18.6 Å². The third-order valence-electron chi connectivity index (χ3n) is 2.29. The van der Waals surface area contributed by atoms with Crippen LogP contribution in [0.15, 0.2) is 0 Å². The quantitative estimate of drug-likeness (QED) is 0.513. The van der Waals surface area contributed by atoms with Crippen molar-refractivity contribution in [3.05, 3.63) is 0 Å². The Balaban J connectivity index is 2.07. The Bertz CT molecular complexity index is 179. The summed E-state index contributed by atoms with van der Waals surface area (Å²) < 4.78 is 10.1. The smallest absolute Gasteiger partial charge is 0.306 e. The lowest BCUT2D eigenvalue weighted by molar-refractivity contribution is -0.142. The molecule has 0 saturated carbocycles. The molecule has 0 aromatic heterocycles. The summed E-state index contributed by atoms with van der Waals surface area (Å²) in [4.78, 5) is 10.8. The Morgan fingerprint density at radius 3 is 3.18 bits per heavy atom. The summed E-state index contributed by atoms with van der Waals surface area (Å²) in [5.41, 5.74) is 0. The molecule has 0 aromatic carbocycles. The molecule has 2 heterocycles. The molecule has 2 aliphatic heterocycles. The molecule has 0 aromatic rings. The molecule has 0 spiro atoms. The molecule has 0 amide bonds. The lowest BCUT2D eigenvalue weighted by Gasteiger charge is -2.09. The van der Waals surface area contributed by atoms with Crippen LogP contribution < -0.4 is 0 Å². The van der Waals surface area contributed by atoms with Crippen molar-refractivity contribution in [3.63, 3.8) is 0 Å². The molecule has 1 N–H and O–H groups in total. The number of ether oxygens (including phenoxy) is 2. The third-order valence-corrected chi connectivity index (χ3v) is 2.29. The molecular formula is C7H10O4. The molecule has 3 atom stereocenters. The van der Waals surface area contributed by atoms with Crippen molar-refractivity contribution in [1.29, 1.82) is 0 Å². The molecule has 0 aliphatic carbocycles. The van der Waals surface area contributed by atoms with Gasteiger partial charge >= 0.3 is 5.97 Å². The predicted molar refractivity (Wildman–Crippen MR) is 34.8 cm³/mol. The average molecular weight is 158 g/mol. The van der Waals surface area contributed by atoms with E-state index in [-0.39, 0.29) is 30.7 Å². The maximum absolute atomic E-state index is 10.8. The number of fused-ring (bicyclic) bond motifs is 1. The van der Waals surface area contributed by atoms with Crippen LogP contribution in [-0.4, -0.2) is 36.5 Å². The van der Waals surface area contributed by atoms with Crippen LogP contribution in [0.2, 0.25) is 0 Å². The fraction of sp³-hybridized carbons (Fsp3) is 0.857. The Labute approximate surface area is 64.1 Å². The van der Waals surface area contributed by atoms with Gasteiger partial charge in [0.1, 0.15) is 6.10 Å². The summed E-state index contributed by atoms with van der Waals surface area (Å²) in [6.07, 6.45) is 0.113. The first-order chi connectivity index (χ1) is 5.31. The van der Waals surface area contributed by atoms with Crippen LogP contribution in [-0.2, 0) is 14.3 Å². The number of carbonyl (C=O) groups is 1. The van der Waals surface area contributed by atoms with Crippen molar-refractivity contribution in [2.75, 3.05) is 13.2 Å². The second-order valence-corrected chi connectivity index (χ2v) is 2.95. The molecule has 0 bridgehead atoms. The highest BCUT2D eigenvalue weighted by Crippen LogP contribution is 2.32. The minimum absolute atomic E-state index is 0.0161. The van der Waals surface area contributed by atoms with E-state index in [0.717, 1.165) is 0 Å². The first-order valence-corrected chi connectivity index (χ1v) is 3.73. The maximum atomic E-state index is 10.8. The summed E-state index contributed by atoms with van der Waals surface area (Å²) in [6, 6.07) is 0.